The molecule has 0 fully saturated rings. The van der Waals surface area contributed by atoms with Gasteiger partial charge in [0.1, 0.15) is 0 Å². The van der Waals surface area contributed by atoms with Crippen LogP contribution in [0.2, 0.25) is 0 Å². The molecule has 0 radical (unpaired) electrons. The number of hydrogen-bond acceptors (Lipinski definition) is 3. The third kappa shape index (κ3) is 6.50. The minimum Gasteiger partial charge on any atom is -0.313 e. The van der Waals surface area contributed by atoms with Crippen LogP contribution < -0.4 is 10.0 Å². The van der Waals surface area contributed by atoms with Gasteiger partial charge in [-0.05, 0) is 37.4 Å². The van der Waals surface area contributed by atoms with Crippen LogP contribution in [0.5, 0.6) is 0 Å². The van der Waals surface area contributed by atoms with E-state index in [9.17, 15) is 8.42 Å². The van der Waals surface area contributed by atoms with Crippen LogP contribution in [0, 0.1) is 0 Å². The van der Waals surface area contributed by atoms with E-state index in [0.29, 0.717) is 0 Å². The monoisotopic (exact) mass is 298 g/mol. The standard InChI is InChI=1S/C15H26N2O2S/c1-4-10-16-11-14-6-8-15(9-7-14)12-20(18,19)17-13(3)5-2/h6-9,13,16-17H,4-5,10-12H2,1-3H3. The van der Waals surface area contributed by atoms with Gasteiger partial charge in [-0.2, -0.15) is 0 Å². The zero-order valence-corrected chi connectivity index (χ0v) is 13.5. The maximum atomic E-state index is 11.9. The van der Waals surface area contributed by atoms with Crippen LogP contribution >= 0.6 is 0 Å². The predicted molar refractivity (Wildman–Crippen MR) is 84.0 cm³/mol. The van der Waals surface area contributed by atoms with Crippen LogP contribution in [0.15, 0.2) is 24.3 Å². The molecule has 0 aliphatic rings. The fourth-order valence-corrected chi connectivity index (χ4v) is 3.31. The van der Waals surface area contributed by atoms with E-state index in [1.807, 2.05) is 38.1 Å². The summed E-state index contributed by atoms with van der Waals surface area (Å²) in [5.41, 5.74) is 1.99. The summed E-state index contributed by atoms with van der Waals surface area (Å²) in [6, 6.07) is 7.73. The number of sulfonamides is 1. The normalized spacial score (nSPS) is 13.3. The number of benzene rings is 1. The Hall–Kier alpha value is -0.910. The first-order chi connectivity index (χ1) is 9.46. The summed E-state index contributed by atoms with van der Waals surface area (Å²) in [5.74, 6) is 0.0417. The molecule has 0 aliphatic carbocycles. The average molecular weight is 298 g/mol. The smallest absolute Gasteiger partial charge is 0.216 e. The molecule has 0 spiro atoms. The van der Waals surface area contributed by atoms with Gasteiger partial charge in [-0.15, -0.1) is 0 Å². The Kier molecular flexibility index (Phi) is 7.19. The Labute approximate surface area is 123 Å². The first-order valence-corrected chi connectivity index (χ1v) is 8.90. The third-order valence-corrected chi connectivity index (χ3v) is 4.60. The van der Waals surface area contributed by atoms with Crippen LogP contribution in [0.3, 0.4) is 0 Å². The molecule has 0 aromatic heterocycles. The number of hydrogen-bond donors (Lipinski definition) is 2. The molecule has 0 bridgehead atoms. The van der Waals surface area contributed by atoms with E-state index in [-0.39, 0.29) is 11.8 Å². The SMILES string of the molecule is CCCNCc1ccc(CS(=O)(=O)NC(C)CC)cc1. The molecule has 1 rings (SSSR count). The highest BCUT2D eigenvalue weighted by atomic mass is 32.2. The molecule has 1 aromatic rings. The van der Waals surface area contributed by atoms with E-state index >= 15 is 0 Å². The average Bonchev–Trinajstić information content (AvgIpc) is 2.40. The van der Waals surface area contributed by atoms with Crippen molar-refractivity contribution in [2.45, 2.75) is 52.0 Å². The highest BCUT2D eigenvalue weighted by Gasteiger charge is 2.14. The Bertz CT molecular complexity index is 483. The largest absolute Gasteiger partial charge is 0.313 e. The lowest BCUT2D eigenvalue weighted by molar-refractivity contribution is 0.555. The van der Waals surface area contributed by atoms with E-state index in [1.54, 1.807) is 0 Å². The maximum Gasteiger partial charge on any atom is 0.216 e. The minimum atomic E-state index is -3.25. The van der Waals surface area contributed by atoms with Crippen LogP contribution in [0.1, 0.15) is 44.7 Å². The second kappa shape index (κ2) is 8.39. The van der Waals surface area contributed by atoms with Gasteiger partial charge in [0.15, 0.2) is 0 Å². The van der Waals surface area contributed by atoms with Gasteiger partial charge in [-0.25, -0.2) is 13.1 Å². The molecule has 0 heterocycles. The first kappa shape index (κ1) is 17.1. The van der Waals surface area contributed by atoms with Gasteiger partial charge in [0.2, 0.25) is 10.0 Å². The molecule has 5 heteroatoms. The number of rotatable bonds is 9. The van der Waals surface area contributed by atoms with Crippen LogP contribution in [-0.4, -0.2) is 21.0 Å². The summed E-state index contributed by atoms with van der Waals surface area (Å²) in [6.45, 7) is 7.79. The van der Waals surface area contributed by atoms with Crippen molar-refractivity contribution in [1.82, 2.24) is 10.0 Å². The first-order valence-electron chi connectivity index (χ1n) is 7.25. The van der Waals surface area contributed by atoms with Gasteiger partial charge in [0.25, 0.3) is 0 Å². The number of nitrogens with one attached hydrogen (secondary N) is 2. The molecule has 1 aromatic carbocycles. The molecule has 4 nitrogen and oxygen atoms in total. The molecule has 0 saturated heterocycles. The van der Waals surface area contributed by atoms with Crippen molar-refractivity contribution in [3.63, 3.8) is 0 Å². The Morgan fingerprint density at radius 3 is 2.25 bits per heavy atom. The molecule has 20 heavy (non-hydrogen) atoms. The van der Waals surface area contributed by atoms with Gasteiger partial charge in [-0.1, -0.05) is 38.1 Å². The lowest BCUT2D eigenvalue weighted by atomic mass is 10.1. The molecular weight excluding hydrogens is 272 g/mol. The van der Waals surface area contributed by atoms with Gasteiger partial charge < -0.3 is 5.32 Å². The minimum absolute atomic E-state index is 0.0162. The van der Waals surface area contributed by atoms with Gasteiger partial charge >= 0.3 is 0 Å². The molecule has 0 aliphatic heterocycles. The Balaban J connectivity index is 2.56. The lowest BCUT2D eigenvalue weighted by Gasteiger charge is -2.12. The highest BCUT2D eigenvalue weighted by molar-refractivity contribution is 7.88. The maximum absolute atomic E-state index is 11.9. The van der Waals surface area contributed by atoms with E-state index < -0.39 is 10.0 Å². The summed E-state index contributed by atoms with van der Waals surface area (Å²) in [4.78, 5) is 0. The van der Waals surface area contributed by atoms with Crippen molar-refractivity contribution in [2.24, 2.45) is 0 Å². The van der Waals surface area contributed by atoms with Crippen molar-refractivity contribution in [3.05, 3.63) is 35.4 Å². The second-order valence-corrected chi connectivity index (χ2v) is 6.93. The van der Waals surface area contributed by atoms with Gasteiger partial charge in [0.05, 0.1) is 5.75 Å². The van der Waals surface area contributed by atoms with Crippen molar-refractivity contribution in [1.29, 1.82) is 0 Å². The quantitative estimate of drug-likeness (QED) is 0.688. The van der Waals surface area contributed by atoms with E-state index in [4.69, 9.17) is 0 Å². The van der Waals surface area contributed by atoms with Crippen LogP contribution in [-0.2, 0) is 22.3 Å². The van der Waals surface area contributed by atoms with E-state index in [1.165, 1.54) is 5.56 Å². The Morgan fingerprint density at radius 2 is 1.70 bits per heavy atom. The predicted octanol–water partition coefficient (Wildman–Crippen LogP) is 2.40. The molecule has 1 atom stereocenters. The fourth-order valence-electron chi connectivity index (χ4n) is 1.81. The van der Waals surface area contributed by atoms with Gasteiger partial charge in [-0.3, -0.25) is 0 Å². The van der Waals surface area contributed by atoms with Crippen LogP contribution in [0.25, 0.3) is 0 Å². The topological polar surface area (TPSA) is 58.2 Å². The molecule has 0 amide bonds. The molecule has 2 N–H and O–H groups in total. The molecule has 114 valence electrons. The summed E-state index contributed by atoms with van der Waals surface area (Å²) in [7, 11) is -3.25. The summed E-state index contributed by atoms with van der Waals surface area (Å²) in [6.07, 6.45) is 1.90. The third-order valence-electron chi connectivity index (χ3n) is 3.13. The summed E-state index contributed by atoms with van der Waals surface area (Å²) >= 11 is 0. The van der Waals surface area contributed by atoms with Crippen molar-refractivity contribution in [3.8, 4) is 0 Å². The molecule has 1 unspecified atom stereocenters. The van der Waals surface area contributed by atoms with Crippen LogP contribution in [0.4, 0.5) is 0 Å². The zero-order valence-electron chi connectivity index (χ0n) is 12.6. The highest BCUT2D eigenvalue weighted by Crippen LogP contribution is 2.08. The fraction of sp³-hybridized carbons (Fsp3) is 0.600. The van der Waals surface area contributed by atoms with Crippen molar-refractivity contribution < 1.29 is 8.42 Å². The van der Waals surface area contributed by atoms with Crippen molar-refractivity contribution in [2.75, 3.05) is 6.54 Å². The molecule has 0 saturated carbocycles. The summed E-state index contributed by atoms with van der Waals surface area (Å²) in [5, 5.41) is 3.32. The summed E-state index contributed by atoms with van der Waals surface area (Å²) < 4.78 is 26.6. The van der Waals surface area contributed by atoms with Gasteiger partial charge in [0, 0.05) is 12.6 Å². The molecular formula is C15H26N2O2S. The Morgan fingerprint density at radius 1 is 1.10 bits per heavy atom. The van der Waals surface area contributed by atoms with Crippen molar-refractivity contribution >= 4 is 10.0 Å². The lowest BCUT2D eigenvalue weighted by Crippen LogP contribution is -2.32. The van der Waals surface area contributed by atoms with E-state index in [0.717, 1.165) is 31.5 Å². The second-order valence-electron chi connectivity index (χ2n) is 5.18. The van der Waals surface area contributed by atoms with E-state index in [2.05, 4.69) is 17.0 Å². The zero-order chi connectivity index (χ0) is 15.0.